The van der Waals surface area contributed by atoms with Crippen LogP contribution >= 0.6 is 0 Å². The lowest BCUT2D eigenvalue weighted by Crippen LogP contribution is -2.48. The van der Waals surface area contributed by atoms with E-state index in [0.29, 0.717) is 16.9 Å². The van der Waals surface area contributed by atoms with Gasteiger partial charge in [-0.05, 0) is 97.6 Å². The van der Waals surface area contributed by atoms with Crippen LogP contribution in [0.2, 0.25) is 0 Å². The average Bonchev–Trinajstić information content (AvgIpc) is 2.73. The van der Waals surface area contributed by atoms with Crippen LogP contribution in [0.1, 0.15) is 44.1 Å². The summed E-state index contributed by atoms with van der Waals surface area (Å²) < 4.78 is 28.5. The maximum absolute atomic E-state index is 12.1. The Hall–Kier alpha value is -2.64. The molecule has 4 fully saturated rings. The number of hydrogen-bond acceptors (Lipinski definition) is 4. The van der Waals surface area contributed by atoms with Crippen molar-refractivity contribution >= 4 is 21.6 Å². The molecule has 4 saturated carbocycles. The van der Waals surface area contributed by atoms with Crippen molar-refractivity contribution in [3.05, 3.63) is 66.4 Å². The van der Waals surface area contributed by atoms with Gasteiger partial charge in [0.05, 0.1) is 11.2 Å². The summed E-state index contributed by atoms with van der Waals surface area (Å²) in [5, 5.41) is 7.72. The van der Waals surface area contributed by atoms with Crippen molar-refractivity contribution in [3.63, 3.8) is 0 Å². The van der Waals surface area contributed by atoms with Crippen molar-refractivity contribution in [1.82, 2.24) is 0 Å². The highest BCUT2D eigenvalue weighted by Crippen LogP contribution is 2.60. The van der Waals surface area contributed by atoms with E-state index in [2.05, 4.69) is 17.4 Å². The van der Waals surface area contributed by atoms with Gasteiger partial charge in [-0.1, -0.05) is 18.2 Å². The van der Waals surface area contributed by atoms with Crippen LogP contribution in [0.3, 0.4) is 0 Å². The number of anilines is 1. The minimum atomic E-state index is -3.83. The van der Waals surface area contributed by atoms with Gasteiger partial charge >= 0.3 is 0 Å². The summed E-state index contributed by atoms with van der Waals surface area (Å²) in [6, 6.07) is 14.1. The second-order valence-corrected chi connectivity index (χ2v) is 11.3. The zero-order chi connectivity index (χ0) is 22.3. The van der Waals surface area contributed by atoms with Crippen molar-refractivity contribution in [1.29, 1.82) is 0 Å². The first-order valence-corrected chi connectivity index (χ1v) is 12.7. The second kappa shape index (κ2) is 8.05. The molecule has 0 radical (unpaired) electrons. The molecule has 4 aliphatic rings. The molecule has 0 unspecified atom stereocenters. The Balaban J connectivity index is 1.19. The molecular formula is C25H28N2O4S. The first kappa shape index (κ1) is 21.2. The Labute approximate surface area is 188 Å². The van der Waals surface area contributed by atoms with Crippen molar-refractivity contribution in [2.75, 3.05) is 5.32 Å². The fourth-order valence-electron chi connectivity index (χ4n) is 6.46. The molecule has 0 saturated heterocycles. The molecule has 4 aliphatic carbocycles. The van der Waals surface area contributed by atoms with Crippen LogP contribution in [0.25, 0.3) is 0 Å². The number of benzene rings is 2. The number of carbonyl (C=O) groups excluding carboxylic acids is 1. The third kappa shape index (κ3) is 4.32. The number of ether oxygens (including phenoxy) is 1. The number of sulfonamides is 1. The molecule has 1 amide bonds. The largest absolute Gasteiger partial charge is 0.465 e. The van der Waals surface area contributed by atoms with E-state index in [1.807, 2.05) is 12.1 Å². The van der Waals surface area contributed by atoms with Gasteiger partial charge in [0.15, 0.2) is 0 Å². The smallest absolute Gasteiger partial charge is 0.251 e. The Kier molecular flexibility index (Phi) is 5.34. The minimum absolute atomic E-state index is 0.0605. The van der Waals surface area contributed by atoms with Crippen LogP contribution in [0.4, 0.5) is 5.69 Å². The van der Waals surface area contributed by atoms with Crippen LogP contribution in [-0.4, -0.2) is 14.3 Å². The van der Waals surface area contributed by atoms with E-state index in [4.69, 9.17) is 9.88 Å². The van der Waals surface area contributed by atoms with Gasteiger partial charge in [0, 0.05) is 11.8 Å². The van der Waals surface area contributed by atoms with E-state index in [9.17, 15) is 13.2 Å². The second-order valence-electron chi connectivity index (χ2n) is 9.70. The summed E-state index contributed by atoms with van der Waals surface area (Å²) in [5.41, 5.74) is 2.13. The van der Waals surface area contributed by atoms with E-state index in [0.717, 1.165) is 17.8 Å². The van der Waals surface area contributed by atoms with Gasteiger partial charge in [0.25, 0.3) is 5.91 Å². The summed E-state index contributed by atoms with van der Waals surface area (Å²) >= 11 is 0. The minimum Gasteiger partial charge on any atom is -0.465 e. The molecule has 6 nitrogen and oxygen atoms in total. The van der Waals surface area contributed by atoms with Crippen molar-refractivity contribution in [2.24, 2.45) is 22.9 Å². The Bertz CT molecular complexity index is 1120. The van der Waals surface area contributed by atoms with Gasteiger partial charge in [0.1, 0.15) is 5.75 Å². The number of hydrogen-bond donors (Lipinski definition) is 2. The molecule has 7 heteroatoms. The van der Waals surface area contributed by atoms with Crippen LogP contribution in [-0.2, 0) is 20.2 Å². The first-order chi connectivity index (χ1) is 15.3. The lowest BCUT2D eigenvalue weighted by molar-refractivity contribution is -0.112. The molecule has 6 rings (SSSR count). The molecule has 32 heavy (non-hydrogen) atoms. The van der Waals surface area contributed by atoms with Crippen LogP contribution in [0.15, 0.2) is 65.8 Å². The van der Waals surface area contributed by atoms with Crippen LogP contribution < -0.4 is 15.2 Å². The van der Waals surface area contributed by atoms with E-state index in [1.54, 1.807) is 6.07 Å². The molecule has 3 N–H and O–H groups in total. The molecule has 168 valence electrons. The topological polar surface area (TPSA) is 98.5 Å². The number of primary sulfonamides is 1. The number of nitrogens with one attached hydrogen (secondary N) is 1. The summed E-state index contributed by atoms with van der Waals surface area (Å²) in [4.78, 5) is 12.1. The molecule has 0 atom stereocenters. The summed E-state index contributed by atoms with van der Waals surface area (Å²) in [6.07, 6.45) is 10.9. The Morgan fingerprint density at radius 1 is 1.00 bits per heavy atom. The SMILES string of the molecule is NS(=O)(=O)c1cccc(NC(=O)/C=C/Oc2ccc(C34CC5CC(CC(C5)C3)C4)cc2)c1. The fourth-order valence-corrected chi connectivity index (χ4v) is 7.02. The molecule has 4 bridgehead atoms. The van der Waals surface area contributed by atoms with Crippen LogP contribution in [0.5, 0.6) is 5.75 Å². The van der Waals surface area contributed by atoms with Crippen molar-refractivity contribution in [3.8, 4) is 5.75 Å². The molecule has 0 heterocycles. The monoisotopic (exact) mass is 452 g/mol. The van der Waals surface area contributed by atoms with Gasteiger partial charge in [0.2, 0.25) is 10.0 Å². The Morgan fingerprint density at radius 2 is 1.62 bits per heavy atom. The van der Waals surface area contributed by atoms with E-state index < -0.39 is 15.9 Å². The predicted octanol–water partition coefficient (Wildman–Crippen LogP) is 4.33. The quantitative estimate of drug-likeness (QED) is 0.503. The maximum atomic E-state index is 12.1. The normalized spacial score (nSPS) is 28.7. The van der Waals surface area contributed by atoms with E-state index in [1.165, 1.54) is 74.6 Å². The average molecular weight is 453 g/mol. The number of nitrogens with two attached hydrogens (primary N) is 1. The third-order valence-corrected chi connectivity index (χ3v) is 8.27. The highest BCUT2D eigenvalue weighted by atomic mass is 32.2. The summed E-state index contributed by atoms with van der Waals surface area (Å²) in [7, 11) is -3.83. The highest BCUT2D eigenvalue weighted by molar-refractivity contribution is 7.89. The van der Waals surface area contributed by atoms with Crippen molar-refractivity contribution < 1.29 is 17.9 Å². The number of rotatable bonds is 6. The van der Waals surface area contributed by atoms with Gasteiger partial charge in [-0.3, -0.25) is 4.79 Å². The molecular weight excluding hydrogens is 424 g/mol. The molecule has 0 aliphatic heterocycles. The van der Waals surface area contributed by atoms with Gasteiger partial charge in [-0.15, -0.1) is 0 Å². The van der Waals surface area contributed by atoms with Gasteiger partial charge < -0.3 is 10.1 Å². The molecule has 0 spiro atoms. The Morgan fingerprint density at radius 3 is 2.22 bits per heavy atom. The first-order valence-electron chi connectivity index (χ1n) is 11.2. The van der Waals surface area contributed by atoms with Gasteiger partial charge in [-0.25, -0.2) is 13.6 Å². The summed E-state index contributed by atoms with van der Waals surface area (Å²) in [6.45, 7) is 0. The highest BCUT2D eigenvalue weighted by Gasteiger charge is 2.51. The van der Waals surface area contributed by atoms with Crippen LogP contribution in [0, 0.1) is 17.8 Å². The van der Waals surface area contributed by atoms with E-state index >= 15 is 0 Å². The zero-order valence-electron chi connectivity index (χ0n) is 17.9. The van der Waals surface area contributed by atoms with E-state index in [-0.39, 0.29) is 4.90 Å². The third-order valence-electron chi connectivity index (χ3n) is 7.36. The predicted molar refractivity (Wildman–Crippen MR) is 123 cm³/mol. The molecule has 2 aromatic rings. The standard InChI is InChI=1S/C25H28N2O4S/c26-32(29,30)23-3-1-2-21(13-23)27-24(28)8-9-31-22-6-4-20(5-7-22)25-14-17-10-18(15-25)12-19(11-17)16-25/h1-9,13,17-19H,10-12,14-16H2,(H,27,28)(H2,26,29,30)/b9-8+. The zero-order valence-corrected chi connectivity index (χ0v) is 18.7. The lowest BCUT2D eigenvalue weighted by Gasteiger charge is -2.57. The fraction of sp³-hybridized carbons (Fsp3) is 0.400. The van der Waals surface area contributed by atoms with Crippen molar-refractivity contribution in [2.45, 2.75) is 48.8 Å². The number of amides is 1. The molecule has 2 aromatic carbocycles. The lowest BCUT2D eigenvalue weighted by atomic mass is 9.48. The molecule has 0 aromatic heterocycles. The summed E-state index contributed by atoms with van der Waals surface area (Å²) in [5.74, 6) is 2.97. The maximum Gasteiger partial charge on any atom is 0.251 e. The number of carbonyl (C=O) groups is 1. The van der Waals surface area contributed by atoms with Gasteiger partial charge in [-0.2, -0.15) is 0 Å².